The quantitative estimate of drug-likeness (QED) is 0.843. The maximum absolute atomic E-state index is 12.2. The first-order valence-electron chi connectivity index (χ1n) is 7.49. The van der Waals surface area contributed by atoms with Crippen LogP contribution in [0.4, 0.5) is 0 Å². The summed E-state index contributed by atoms with van der Waals surface area (Å²) in [6, 6.07) is 7.22. The molecule has 0 spiro atoms. The zero-order chi connectivity index (χ0) is 15.2. The molecule has 2 rings (SSSR count). The van der Waals surface area contributed by atoms with Crippen LogP contribution < -0.4 is 11.1 Å². The van der Waals surface area contributed by atoms with E-state index in [1.54, 1.807) is 0 Å². The van der Waals surface area contributed by atoms with E-state index in [2.05, 4.69) is 10.2 Å². The highest BCUT2D eigenvalue weighted by molar-refractivity contribution is 5.83. The molecule has 0 bridgehead atoms. The number of nitrogens with zero attached hydrogens (tertiary/aromatic N) is 1. The van der Waals surface area contributed by atoms with Crippen molar-refractivity contribution < 1.29 is 9.53 Å². The predicted molar refractivity (Wildman–Crippen MR) is 83.0 cm³/mol. The molecule has 5 nitrogen and oxygen atoms in total. The first-order valence-corrected chi connectivity index (χ1v) is 7.49. The molecule has 0 radical (unpaired) electrons. The molecule has 3 N–H and O–H groups in total. The molecule has 1 heterocycles. The van der Waals surface area contributed by atoms with Crippen molar-refractivity contribution in [1.29, 1.82) is 0 Å². The normalized spacial score (nSPS) is 19.0. The van der Waals surface area contributed by atoms with Crippen LogP contribution in [0.3, 0.4) is 0 Å². The molecule has 1 aliphatic heterocycles. The zero-order valence-electron chi connectivity index (χ0n) is 12.8. The lowest BCUT2D eigenvalue weighted by atomic mass is 10.1. The van der Waals surface area contributed by atoms with Gasteiger partial charge in [-0.3, -0.25) is 9.69 Å². The van der Waals surface area contributed by atoms with Gasteiger partial charge in [-0.1, -0.05) is 29.8 Å². The summed E-state index contributed by atoms with van der Waals surface area (Å²) < 4.78 is 5.32. The summed E-state index contributed by atoms with van der Waals surface area (Å²) in [4.78, 5) is 14.5. The molecular weight excluding hydrogens is 266 g/mol. The Balaban J connectivity index is 1.83. The van der Waals surface area contributed by atoms with Crippen molar-refractivity contribution in [3.8, 4) is 0 Å². The maximum Gasteiger partial charge on any atom is 0.241 e. The van der Waals surface area contributed by atoms with Gasteiger partial charge in [0.05, 0.1) is 13.2 Å². The molecule has 0 saturated carbocycles. The molecule has 116 valence electrons. The number of hydrogen-bond acceptors (Lipinski definition) is 4. The number of amides is 1. The Kier molecular flexibility index (Phi) is 5.73. The van der Waals surface area contributed by atoms with Gasteiger partial charge in [-0.2, -0.15) is 0 Å². The van der Waals surface area contributed by atoms with Crippen LogP contribution in [0.2, 0.25) is 0 Å². The van der Waals surface area contributed by atoms with E-state index in [9.17, 15) is 4.79 Å². The number of aryl methyl sites for hydroxylation is 1. The number of benzene rings is 1. The fourth-order valence-corrected chi connectivity index (χ4v) is 2.47. The molecule has 1 amide bonds. The van der Waals surface area contributed by atoms with Crippen LogP contribution in [0.5, 0.6) is 0 Å². The van der Waals surface area contributed by atoms with Crippen molar-refractivity contribution in [2.24, 2.45) is 5.73 Å². The topological polar surface area (TPSA) is 67.6 Å². The molecule has 1 aromatic rings. The van der Waals surface area contributed by atoms with Crippen molar-refractivity contribution in [2.75, 3.05) is 32.8 Å². The minimum absolute atomic E-state index is 0.0760. The summed E-state index contributed by atoms with van der Waals surface area (Å²) in [5, 5.41) is 2.99. The summed E-state index contributed by atoms with van der Waals surface area (Å²) >= 11 is 0. The van der Waals surface area contributed by atoms with Gasteiger partial charge < -0.3 is 15.8 Å². The predicted octanol–water partition coefficient (Wildman–Crippen LogP) is 0.832. The van der Waals surface area contributed by atoms with Gasteiger partial charge in [0, 0.05) is 25.7 Å². The van der Waals surface area contributed by atoms with Crippen LogP contribution in [-0.2, 0) is 9.53 Å². The average Bonchev–Trinajstić information content (AvgIpc) is 2.48. The van der Waals surface area contributed by atoms with Crippen molar-refractivity contribution >= 4 is 5.91 Å². The molecule has 2 unspecified atom stereocenters. The van der Waals surface area contributed by atoms with E-state index < -0.39 is 6.04 Å². The van der Waals surface area contributed by atoms with E-state index in [0.29, 0.717) is 0 Å². The fourth-order valence-electron chi connectivity index (χ4n) is 2.47. The van der Waals surface area contributed by atoms with Crippen LogP contribution in [0, 0.1) is 6.92 Å². The van der Waals surface area contributed by atoms with Gasteiger partial charge in [-0.25, -0.2) is 0 Å². The van der Waals surface area contributed by atoms with Crippen LogP contribution >= 0.6 is 0 Å². The van der Waals surface area contributed by atoms with Crippen molar-refractivity contribution in [3.05, 3.63) is 35.4 Å². The van der Waals surface area contributed by atoms with Gasteiger partial charge in [-0.15, -0.1) is 0 Å². The summed E-state index contributed by atoms with van der Waals surface area (Å²) in [7, 11) is 0. The van der Waals surface area contributed by atoms with Crippen molar-refractivity contribution in [2.45, 2.75) is 25.9 Å². The lowest BCUT2D eigenvalue weighted by Gasteiger charge is -2.29. The van der Waals surface area contributed by atoms with Crippen LogP contribution in [0.1, 0.15) is 24.1 Å². The van der Waals surface area contributed by atoms with E-state index in [1.165, 1.54) is 0 Å². The average molecular weight is 291 g/mol. The standard InChI is InChI=1S/C16H25N3O2/c1-12-3-5-14(6-4-12)15(17)16(20)18-13(2)11-19-7-9-21-10-8-19/h3-6,13,15H,7-11,17H2,1-2H3,(H,18,20). The summed E-state index contributed by atoms with van der Waals surface area (Å²) in [5.74, 6) is -0.125. The molecular formula is C16H25N3O2. The van der Waals surface area contributed by atoms with Crippen molar-refractivity contribution in [1.82, 2.24) is 10.2 Å². The Labute approximate surface area is 126 Å². The van der Waals surface area contributed by atoms with Gasteiger partial charge in [0.15, 0.2) is 0 Å². The Hall–Kier alpha value is -1.43. The second kappa shape index (κ2) is 7.54. The molecule has 0 aliphatic carbocycles. The number of morpholine rings is 1. The van der Waals surface area contributed by atoms with E-state index >= 15 is 0 Å². The van der Waals surface area contributed by atoms with Crippen LogP contribution in [0.15, 0.2) is 24.3 Å². The SMILES string of the molecule is Cc1ccc(C(N)C(=O)NC(C)CN2CCOCC2)cc1. The summed E-state index contributed by atoms with van der Waals surface area (Å²) in [6.07, 6.45) is 0. The van der Waals surface area contributed by atoms with E-state index in [0.717, 1.165) is 44.0 Å². The zero-order valence-corrected chi connectivity index (χ0v) is 12.8. The van der Waals surface area contributed by atoms with Gasteiger partial charge in [0.1, 0.15) is 6.04 Å². The monoisotopic (exact) mass is 291 g/mol. The number of ether oxygens (including phenoxy) is 1. The number of carbonyl (C=O) groups excluding carboxylic acids is 1. The van der Waals surface area contributed by atoms with E-state index in [4.69, 9.17) is 10.5 Å². The molecule has 5 heteroatoms. The lowest BCUT2D eigenvalue weighted by molar-refractivity contribution is -0.123. The second-order valence-corrected chi connectivity index (χ2v) is 5.71. The molecule has 0 aromatic heterocycles. The molecule has 2 atom stereocenters. The van der Waals surface area contributed by atoms with Gasteiger partial charge in [0.2, 0.25) is 5.91 Å². The van der Waals surface area contributed by atoms with E-state index in [1.807, 2.05) is 38.1 Å². The third kappa shape index (κ3) is 4.81. The molecule has 1 aliphatic rings. The van der Waals surface area contributed by atoms with Crippen molar-refractivity contribution in [3.63, 3.8) is 0 Å². The van der Waals surface area contributed by atoms with Gasteiger partial charge in [0.25, 0.3) is 0 Å². The first-order chi connectivity index (χ1) is 10.1. The molecule has 1 aromatic carbocycles. The Bertz CT molecular complexity index is 455. The van der Waals surface area contributed by atoms with Gasteiger partial charge >= 0.3 is 0 Å². The highest BCUT2D eigenvalue weighted by Gasteiger charge is 2.19. The fraction of sp³-hybridized carbons (Fsp3) is 0.562. The molecule has 21 heavy (non-hydrogen) atoms. The third-order valence-electron chi connectivity index (χ3n) is 3.74. The Morgan fingerprint density at radius 3 is 2.57 bits per heavy atom. The van der Waals surface area contributed by atoms with E-state index in [-0.39, 0.29) is 11.9 Å². The number of nitrogens with two attached hydrogens (primary N) is 1. The first kappa shape index (κ1) is 15.9. The summed E-state index contributed by atoms with van der Waals surface area (Å²) in [5.41, 5.74) is 8.03. The van der Waals surface area contributed by atoms with Crippen LogP contribution in [-0.4, -0.2) is 49.7 Å². The minimum Gasteiger partial charge on any atom is -0.379 e. The Morgan fingerprint density at radius 1 is 1.33 bits per heavy atom. The number of rotatable bonds is 5. The second-order valence-electron chi connectivity index (χ2n) is 5.71. The maximum atomic E-state index is 12.2. The molecule has 1 saturated heterocycles. The largest absolute Gasteiger partial charge is 0.379 e. The number of hydrogen-bond donors (Lipinski definition) is 2. The Morgan fingerprint density at radius 2 is 1.95 bits per heavy atom. The number of carbonyl (C=O) groups is 1. The highest BCUT2D eigenvalue weighted by Crippen LogP contribution is 2.12. The highest BCUT2D eigenvalue weighted by atomic mass is 16.5. The van der Waals surface area contributed by atoms with Gasteiger partial charge in [-0.05, 0) is 19.4 Å². The van der Waals surface area contributed by atoms with Crippen LogP contribution in [0.25, 0.3) is 0 Å². The number of nitrogens with one attached hydrogen (secondary N) is 1. The smallest absolute Gasteiger partial charge is 0.241 e. The summed E-state index contributed by atoms with van der Waals surface area (Å²) in [6.45, 7) is 8.23. The third-order valence-corrected chi connectivity index (χ3v) is 3.74. The lowest BCUT2D eigenvalue weighted by Crippen LogP contribution is -2.47. The molecule has 1 fully saturated rings. The minimum atomic E-state index is -0.613.